The van der Waals surface area contributed by atoms with Crippen molar-refractivity contribution >= 4 is 11.5 Å². The van der Waals surface area contributed by atoms with Gasteiger partial charge in [-0.3, -0.25) is 5.43 Å². The van der Waals surface area contributed by atoms with Crippen molar-refractivity contribution in [1.29, 1.82) is 0 Å². The van der Waals surface area contributed by atoms with Crippen LogP contribution in [0, 0.1) is 0 Å². The Bertz CT molecular complexity index is 632. The Morgan fingerprint density at radius 3 is 2.38 bits per heavy atom. The molecule has 0 aliphatic carbocycles. The molecule has 1 N–H and O–H groups in total. The highest BCUT2D eigenvalue weighted by Gasteiger charge is 2.28. The zero-order valence-electron chi connectivity index (χ0n) is 12.1. The van der Waals surface area contributed by atoms with Gasteiger partial charge in [0.2, 0.25) is 0 Å². The predicted octanol–water partition coefficient (Wildman–Crippen LogP) is 3.75. The van der Waals surface area contributed by atoms with Gasteiger partial charge in [-0.1, -0.05) is 60.7 Å². The predicted molar refractivity (Wildman–Crippen MR) is 88.3 cm³/mol. The maximum atomic E-state index is 4.56. The van der Waals surface area contributed by atoms with Crippen LogP contribution in [-0.4, -0.2) is 12.0 Å². The third kappa shape index (κ3) is 2.82. The molecule has 0 aromatic heterocycles. The summed E-state index contributed by atoms with van der Waals surface area (Å²) in [7, 11) is 0. The summed E-state index contributed by atoms with van der Waals surface area (Å²) in [6.45, 7) is 2.04. The lowest BCUT2D eigenvalue weighted by molar-refractivity contribution is 0.589. The summed E-state index contributed by atoms with van der Waals surface area (Å²) in [5.41, 5.74) is 5.53. The van der Waals surface area contributed by atoms with Gasteiger partial charge in [-0.15, -0.1) is 0 Å². The average Bonchev–Trinajstić information content (AvgIpc) is 2.98. The van der Waals surface area contributed by atoms with Gasteiger partial charge in [0.15, 0.2) is 5.84 Å². The minimum absolute atomic E-state index is 0.152. The Hall–Kier alpha value is -2.55. The molecule has 0 amide bonds. The SMILES string of the molecule is C/C=C\CC1NN=C(c2ccccc2)N1c1ccccc1. The molecule has 0 bridgehead atoms. The standard InChI is InChI=1S/C18H19N3/c1-2-3-14-17-19-20-18(15-10-6-4-7-11-15)21(17)16-12-8-5-9-13-16/h2-13,17,19H,14H2,1H3/b3-2-. The number of nitrogens with zero attached hydrogens (tertiary/aromatic N) is 2. The van der Waals surface area contributed by atoms with Crippen LogP contribution in [0.2, 0.25) is 0 Å². The summed E-state index contributed by atoms with van der Waals surface area (Å²) in [6, 6.07) is 20.7. The van der Waals surface area contributed by atoms with Gasteiger partial charge in [-0.25, -0.2) is 0 Å². The number of rotatable bonds is 4. The van der Waals surface area contributed by atoms with E-state index in [9.17, 15) is 0 Å². The summed E-state index contributed by atoms with van der Waals surface area (Å²) in [6.07, 6.45) is 5.30. The van der Waals surface area contributed by atoms with E-state index in [0.717, 1.165) is 23.5 Å². The number of benzene rings is 2. The quantitative estimate of drug-likeness (QED) is 0.862. The topological polar surface area (TPSA) is 27.6 Å². The number of amidine groups is 1. The Labute approximate surface area is 125 Å². The number of hydrogen-bond donors (Lipinski definition) is 1. The second-order valence-corrected chi connectivity index (χ2v) is 4.96. The molecule has 3 rings (SSSR count). The fourth-order valence-corrected chi connectivity index (χ4v) is 2.50. The monoisotopic (exact) mass is 277 g/mol. The maximum Gasteiger partial charge on any atom is 0.161 e. The van der Waals surface area contributed by atoms with Gasteiger partial charge in [-0.2, -0.15) is 5.10 Å². The van der Waals surface area contributed by atoms with Crippen LogP contribution >= 0.6 is 0 Å². The molecule has 1 aliphatic heterocycles. The molecule has 0 fully saturated rings. The molecular formula is C18H19N3. The molecule has 2 aromatic carbocycles. The van der Waals surface area contributed by atoms with Crippen LogP contribution in [0.15, 0.2) is 77.9 Å². The zero-order chi connectivity index (χ0) is 14.5. The van der Waals surface area contributed by atoms with E-state index in [1.165, 1.54) is 0 Å². The molecular weight excluding hydrogens is 258 g/mol. The zero-order valence-corrected chi connectivity index (χ0v) is 12.1. The van der Waals surface area contributed by atoms with Crippen LogP contribution < -0.4 is 10.3 Å². The van der Waals surface area contributed by atoms with Gasteiger partial charge in [0, 0.05) is 17.7 Å². The number of hydrazone groups is 1. The highest BCUT2D eigenvalue weighted by Crippen LogP contribution is 2.24. The van der Waals surface area contributed by atoms with Crippen molar-refractivity contribution in [2.45, 2.75) is 19.5 Å². The van der Waals surface area contributed by atoms with Crippen molar-refractivity contribution in [1.82, 2.24) is 5.43 Å². The lowest BCUT2D eigenvalue weighted by Crippen LogP contribution is -2.40. The van der Waals surface area contributed by atoms with Gasteiger partial charge < -0.3 is 4.90 Å². The fourth-order valence-electron chi connectivity index (χ4n) is 2.50. The summed E-state index contributed by atoms with van der Waals surface area (Å²) in [5.74, 6) is 0.969. The van der Waals surface area contributed by atoms with E-state index >= 15 is 0 Å². The number of allylic oxidation sites excluding steroid dienone is 1. The Balaban J connectivity index is 1.96. The number of nitrogens with one attached hydrogen (secondary N) is 1. The minimum Gasteiger partial charge on any atom is -0.302 e. The molecule has 21 heavy (non-hydrogen) atoms. The smallest absolute Gasteiger partial charge is 0.161 e. The Morgan fingerprint density at radius 1 is 1.05 bits per heavy atom. The van der Waals surface area contributed by atoms with Gasteiger partial charge in [-0.05, 0) is 19.1 Å². The highest BCUT2D eigenvalue weighted by molar-refractivity contribution is 6.11. The summed E-state index contributed by atoms with van der Waals surface area (Å²) < 4.78 is 0. The van der Waals surface area contributed by atoms with Gasteiger partial charge in [0.1, 0.15) is 6.17 Å². The minimum atomic E-state index is 0.152. The van der Waals surface area contributed by atoms with Crippen molar-refractivity contribution in [2.75, 3.05) is 4.90 Å². The van der Waals surface area contributed by atoms with E-state index in [-0.39, 0.29) is 6.17 Å². The van der Waals surface area contributed by atoms with Crippen molar-refractivity contribution in [3.8, 4) is 0 Å². The van der Waals surface area contributed by atoms with E-state index in [2.05, 4.69) is 64.0 Å². The maximum absolute atomic E-state index is 4.56. The van der Waals surface area contributed by atoms with Gasteiger partial charge in [0.05, 0.1) is 0 Å². The molecule has 1 unspecified atom stereocenters. The Morgan fingerprint density at radius 2 is 1.71 bits per heavy atom. The normalized spacial score (nSPS) is 17.9. The molecule has 2 aromatic rings. The molecule has 0 spiro atoms. The van der Waals surface area contributed by atoms with E-state index in [4.69, 9.17) is 0 Å². The third-order valence-corrected chi connectivity index (χ3v) is 3.52. The molecule has 3 heteroatoms. The van der Waals surface area contributed by atoms with E-state index in [1.807, 2.05) is 31.2 Å². The first-order valence-corrected chi connectivity index (χ1v) is 7.24. The first-order valence-electron chi connectivity index (χ1n) is 7.24. The molecule has 3 nitrogen and oxygen atoms in total. The van der Waals surface area contributed by atoms with Crippen LogP contribution in [0.5, 0.6) is 0 Å². The van der Waals surface area contributed by atoms with Crippen LogP contribution in [0.3, 0.4) is 0 Å². The Kier molecular flexibility index (Phi) is 4.01. The van der Waals surface area contributed by atoms with Gasteiger partial charge >= 0.3 is 0 Å². The van der Waals surface area contributed by atoms with Crippen LogP contribution in [0.25, 0.3) is 0 Å². The average molecular weight is 277 g/mol. The van der Waals surface area contributed by atoms with E-state index in [0.29, 0.717) is 0 Å². The number of hydrogen-bond acceptors (Lipinski definition) is 3. The van der Waals surface area contributed by atoms with Crippen molar-refractivity contribution in [2.24, 2.45) is 5.10 Å². The molecule has 0 radical (unpaired) electrons. The molecule has 1 atom stereocenters. The second-order valence-electron chi connectivity index (χ2n) is 4.96. The van der Waals surface area contributed by atoms with Crippen LogP contribution in [0.1, 0.15) is 18.9 Å². The van der Waals surface area contributed by atoms with Crippen molar-refractivity contribution < 1.29 is 0 Å². The lowest BCUT2D eigenvalue weighted by Gasteiger charge is -2.26. The van der Waals surface area contributed by atoms with Crippen molar-refractivity contribution in [3.05, 3.63) is 78.4 Å². The number of anilines is 1. The lowest BCUT2D eigenvalue weighted by atomic mass is 10.1. The largest absolute Gasteiger partial charge is 0.302 e. The molecule has 1 aliphatic rings. The van der Waals surface area contributed by atoms with Gasteiger partial charge in [0.25, 0.3) is 0 Å². The van der Waals surface area contributed by atoms with Crippen molar-refractivity contribution in [3.63, 3.8) is 0 Å². The van der Waals surface area contributed by atoms with E-state index < -0.39 is 0 Å². The summed E-state index contributed by atoms with van der Waals surface area (Å²) in [4.78, 5) is 2.26. The molecule has 1 heterocycles. The number of para-hydroxylation sites is 1. The second kappa shape index (κ2) is 6.27. The van der Waals surface area contributed by atoms with Crippen LogP contribution in [-0.2, 0) is 0 Å². The molecule has 106 valence electrons. The van der Waals surface area contributed by atoms with Crippen LogP contribution in [0.4, 0.5) is 5.69 Å². The summed E-state index contributed by atoms with van der Waals surface area (Å²) in [5, 5.41) is 4.56. The summed E-state index contributed by atoms with van der Waals surface area (Å²) >= 11 is 0. The highest BCUT2D eigenvalue weighted by atomic mass is 15.5. The fraction of sp³-hybridized carbons (Fsp3) is 0.167. The molecule has 0 saturated heterocycles. The first-order chi connectivity index (χ1) is 10.4. The van der Waals surface area contributed by atoms with E-state index in [1.54, 1.807) is 0 Å². The molecule has 0 saturated carbocycles. The first kappa shape index (κ1) is 13.4. The third-order valence-electron chi connectivity index (χ3n) is 3.52.